The Morgan fingerprint density at radius 3 is 2.47 bits per heavy atom. The monoisotopic (exact) mass is 412 g/mol. The zero-order valence-electron chi connectivity index (χ0n) is 17.1. The largest absolute Gasteiger partial charge is 0.497 e. The third-order valence-corrected chi connectivity index (χ3v) is 5.55. The molecule has 1 saturated heterocycles. The summed E-state index contributed by atoms with van der Waals surface area (Å²) in [4.78, 5) is 14.2. The topological polar surface area (TPSA) is 63.9 Å². The Kier molecular flexibility index (Phi) is 5.90. The molecule has 0 bridgehead atoms. The van der Waals surface area contributed by atoms with Gasteiger partial charge in [0.2, 0.25) is 0 Å². The maximum Gasteiger partial charge on any atom is 0.338 e. The third-order valence-electron chi connectivity index (χ3n) is 5.55. The first-order chi connectivity index (χ1) is 14.6. The number of likely N-dealkylation sites (tertiary alicyclic amines) is 1. The average molecular weight is 412 g/mol. The number of anilines is 1. The summed E-state index contributed by atoms with van der Waals surface area (Å²) in [5.74, 6) is 0.983. The molecule has 2 heterocycles. The van der Waals surface area contributed by atoms with Crippen molar-refractivity contribution < 1.29 is 18.3 Å². The molecule has 7 heteroatoms. The SMILES string of the molecule is COc1ccc(CN2CCC(Nc3cc(=O)oc4ccc(OC)cc34)CC2)c(F)c1. The highest BCUT2D eigenvalue weighted by Crippen LogP contribution is 2.28. The van der Waals surface area contributed by atoms with Gasteiger partial charge in [0.15, 0.2) is 0 Å². The minimum atomic E-state index is -0.386. The lowest BCUT2D eigenvalue weighted by atomic mass is 10.0. The number of benzene rings is 2. The van der Waals surface area contributed by atoms with Crippen molar-refractivity contribution >= 4 is 16.7 Å². The number of piperidine rings is 1. The van der Waals surface area contributed by atoms with Gasteiger partial charge < -0.3 is 19.2 Å². The summed E-state index contributed by atoms with van der Waals surface area (Å²) < 4.78 is 29.9. The fraction of sp³-hybridized carbons (Fsp3) is 0.348. The normalized spacial score (nSPS) is 15.3. The van der Waals surface area contributed by atoms with Crippen molar-refractivity contribution in [2.24, 2.45) is 0 Å². The van der Waals surface area contributed by atoms with E-state index in [1.54, 1.807) is 31.4 Å². The highest BCUT2D eigenvalue weighted by atomic mass is 19.1. The zero-order valence-corrected chi connectivity index (χ0v) is 17.1. The van der Waals surface area contributed by atoms with Crippen molar-refractivity contribution in [3.8, 4) is 11.5 Å². The summed E-state index contributed by atoms with van der Waals surface area (Å²) in [6.07, 6.45) is 1.78. The van der Waals surface area contributed by atoms with Crippen LogP contribution in [0.5, 0.6) is 11.5 Å². The summed E-state index contributed by atoms with van der Waals surface area (Å²) in [5.41, 5.74) is 1.56. The van der Waals surface area contributed by atoms with Crippen molar-refractivity contribution in [1.29, 1.82) is 0 Å². The molecule has 6 nitrogen and oxygen atoms in total. The van der Waals surface area contributed by atoms with E-state index >= 15 is 0 Å². The number of rotatable bonds is 6. The summed E-state index contributed by atoms with van der Waals surface area (Å²) in [7, 11) is 3.14. The van der Waals surface area contributed by atoms with Crippen LogP contribution in [0, 0.1) is 5.82 Å². The Bertz CT molecular complexity index is 1090. The Hall–Kier alpha value is -3.06. The van der Waals surface area contributed by atoms with E-state index in [9.17, 15) is 9.18 Å². The molecule has 1 aromatic heterocycles. The van der Waals surface area contributed by atoms with Gasteiger partial charge in [-0.3, -0.25) is 4.90 Å². The van der Waals surface area contributed by atoms with Gasteiger partial charge in [-0.2, -0.15) is 0 Å². The van der Waals surface area contributed by atoms with E-state index in [1.807, 2.05) is 6.07 Å². The molecule has 4 rings (SSSR count). The first-order valence-electron chi connectivity index (χ1n) is 9.99. The van der Waals surface area contributed by atoms with E-state index in [2.05, 4.69) is 10.2 Å². The van der Waals surface area contributed by atoms with E-state index in [-0.39, 0.29) is 17.5 Å². The number of halogens is 1. The lowest BCUT2D eigenvalue weighted by molar-refractivity contribution is 0.209. The minimum absolute atomic E-state index is 0.221. The molecule has 1 aliphatic heterocycles. The minimum Gasteiger partial charge on any atom is -0.497 e. The van der Waals surface area contributed by atoms with Crippen LogP contribution in [0.15, 0.2) is 51.7 Å². The van der Waals surface area contributed by atoms with Crippen LogP contribution < -0.4 is 20.4 Å². The Morgan fingerprint density at radius 2 is 1.77 bits per heavy atom. The van der Waals surface area contributed by atoms with E-state index in [1.165, 1.54) is 19.2 Å². The van der Waals surface area contributed by atoms with Crippen molar-refractivity contribution in [1.82, 2.24) is 4.90 Å². The van der Waals surface area contributed by atoms with Gasteiger partial charge in [-0.25, -0.2) is 9.18 Å². The molecule has 0 aliphatic carbocycles. The summed E-state index contributed by atoms with van der Waals surface area (Å²) in [6.45, 7) is 2.25. The van der Waals surface area contributed by atoms with Gasteiger partial charge in [0.25, 0.3) is 0 Å². The smallest absolute Gasteiger partial charge is 0.338 e. The van der Waals surface area contributed by atoms with Crippen LogP contribution in [-0.4, -0.2) is 38.3 Å². The Balaban J connectivity index is 1.42. The van der Waals surface area contributed by atoms with Gasteiger partial charge in [-0.05, 0) is 37.1 Å². The van der Waals surface area contributed by atoms with Crippen LogP contribution in [-0.2, 0) is 6.54 Å². The van der Waals surface area contributed by atoms with E-state index < -0.39 is 0 Å². The predicted molar refractivity (Wildman–Crippen MR) is 114 cm³/mol. The highest BCUT2D eigenvalue weighted by molar-refractivity contribution is 5.90. The van der Waals surface area contributed by atoms with Crippen molar-refractivity contribution in [2.75, 3.05) is 32.6 Å². The van der Waals surface area contributed by atoms with Gasteiger partial charge in [0.1, 0.15) is 22.9 Å². The number of hydrogen-bond acceptors (Lipinski definition) is 6. The zero-order chi connectivity index (χ0) is 21.1. The van der Waals surface area contributed by atoms with Crippen molar-refractivity contribution in [3.63, 3.8) is 0 Å². The first-order valence-corrected chi connectivity index (χ1v) is 9.99. The molecular weight excluding hydrogens is 387 g/mol. The summed E-state index contributed by atoms with van der Waals surface area (Å²) in [6, 6.07) is 12.1. The van der Waals surface area contributed by atoms with E-state index in [0.717, 1.165) is 37.0 Å². The quantitative estimate of drug-likeness (QED) is 0.617. The molecule has 30 heavy (non-hydrogen) atoms. The molecule has 0 atom stereocenters. The fourth-order valence-electron chi connectivity index (χ4n) is 3.87. The predicted octanol–water partition coefficient (Wildman–Crippen LogP) is 4.03. The van der Waals surface area contributed by atoms with Crippen molar-refractivity contribution in [3.05, 3.63) is 64.3 Å². The second-order valence-corrected chi connectivity index (χ2v) is 7.49. The van der Waals surface area contributed by atoms with Crippen LogP contribution in [0.4, 0.5) is 10.1 Å². The fourth-order valence-corrected chi connectivity index (χ4v) is 3.87. The molecule has 0 unspecified atom stereocenters. The molecule has 1 fully saturated rings. The molecule has 158 valence electrons. The van der Waals surface area contributed by atoms with E-state index in [0.29, 0.717) is 29.2 Å². The molecule has 0 saturated carbocycles. The van der Waals surface area contributed by atoms with Gasteiger partial charge in [0, 0.05) is 48.8 Å². The Labute approximate surface area is 174 Å². The maximum atomic E-state index is 14.2. The number of nitrogens with one attached hydrogen (secondary N) is 1. The molecule has 1 N–H and O–H groups in total. The van der Waals surface area contributed by atoms with E-state index in [4.69, 9.17) is 13.9 Å². The molecule has 1 aliphatic rings. The summed E-state index contributed by atoms with van der Waals surface area (Å²) >= 11 is 0. The van der Waals surface area contributed by atoms with Crippen LogP contribution in [0.1, 0.15) is 18.4 Å². The summed E-state index contributed by atoms with van der Waals surface area (Å²) in [5, 5.41) is 4.31. The third kappa shape index (κ3) is 4.41. The molecule has 0 spiro atoms. The second-order valence-electron chi connectivity index (χ2n) is 7.49. The van der Waals surface area contributed by atoms with Crippen LogP contribution in [0.3, 0.4) is 0 Å². The number of nitrogens with zero attached hydrogens (tertiary/aromatic N) is 1. The molecule has 3 aromatic rings. The molecule has 0 radical (unpaired) electrons. The van der Waals surface area contributed by atoms with Crippen LogP contribution in [0.2, 0.25) is 0 Å². The second kappa shape index (κ2) is 8.75. The number of hydrogen-bond donors (Lipinski definition) is 1. The van der Waals surface area contributed by atoms with Gasteiger partial charge in [-0.15, -0.1) is 0 Å². The van der Waals surface area contributed by atoms with Gasteiger partial charge in [-0.1, -0.05) is 6.07 Å². The average Bonchev–Trinajstić information content (AvgIpc) is 2.76. The number of ether oxygens (including phenoxy) is 2. The molecule has 2 aromatic carbocycles. The van der Waals surface area contributed by atoms with Crippen molar-refractivity contribution in [2.45, 2.75) is 25.4 Å². The molecular formula is C23H25FN2O4. The van der Waals surface area contributed by atoms with Crippen LogP contribution >= 0.6 is 0 Å². The lowest BCUT2D eigenvalue weighted by Gasteiger charge is -2.33. The Morgan fingerprint density at radius 1 is 1.07 bits per heavy atom. The molecule has 0 amide bonds. The van der Waals surface area contributed by atoms with Gasteiger partial charge in [0.05, 0.1) is 19.9 Å². The first kappa shape index (κ1) is 20.2. The lowest BCUT2D eigenvalue weighted by Crippen LogP contribution is -2.38. The highest BCUT2D eigenvalue weighted by Gasteiger charge is 2.21. The number of methoxy groups -OCH3 is 2. The number of fused-ring (bicyclic) bond motifs is 1. The standard InChI is InChI=1S/C23H25FN2O4/c1-28-17-5-6-22-19(11-17)21(13-23(27)30-22)25-16-7-9-26(10-8-16)14-15-3-4-18(29-2)12-20(15)24/h3-6,11-13,16,25H,7-10,14H2,1-2H3. The maximum absolute atomic E-state index is 14.2. The van der Waals surface area contributed by atoms with Gasteiger partial charge >= 0.3 is 5.63 Å². The van der Waals surface area contributed by atoms with Crippen LogP contribution in [0.25, 0.3) is 11.0 Å².